The van der Waals surface area contributed by atoms with Gasteiger partial charge in [0.15, 0.2) is 0 Å². The van der Waals surface area contributed by atoms with Crippen LogP contribution in [0.25, 0.3) is 10.6 Å². The van der Waals surface area contributed by atoms with E-state index in [0.717, 1.165) is 16.3 Å². The van der Waals surface area contributed by atoms with Crippen LogP contribution in [-0.2, 0) is 4.79 Å². The zero-order valence-corrected chi connectivity index (χ0v) is 15.0. The molecule has 0 aliphatic carbocycles. The number of hydrogen-bond acceptors (Lipinski definition) is 5. The van der Waals surface area contributed by atoms with Gasteiger partial charge in [-0.2, -0.15) is 0 Å². The van der Waals surface area contributed by atoms with E-state index in [-0.39, 0.29) is 18.4 Å². The first-order valence-electron chi connectivity index (χ1n) is 8.10. The van der Waals surface area contributed by atoms with Gasteiger partial charge in [-0.05, 0) is 36.6 Å². The zero-order chi connectivity index (χ0) is 18.0. The predicted octanol–water partition coefficient (Wildman–Crippen LogP) is 3.00. The Balaban J connectivity index is 1.76. The number of rotatable bonds is 4. The molecule has 7 heteroatoms. The van der Waals surface area contributed by atoms with Crippen molar-refractivity contribution in [3.05, 3.63) is 35.3 Å². The van der Waals surface area contributed by atoms with E-state index in [1.54, 1.807) is 17.4 Å². The van der Waals surface area contributed by atoms with Crippen LogP contribution in [0.1, 0.15) is 23.8 Å². The lowest BCUT2D eigenvalue weighted by atomic mass is 9.90. The Kier molecular flexibility index (Phi) is 5.03. The molecule has 0 radical (unpaired) electrons. The molecule has 1 N–H and O–H groups in total. The number of carboxylic acid groups (broad SMARTS) is 1. The quantitative estimate of drug-likeness (QED) is 0.907. The summed E-state index contributed by atoms with van der Waals surface area (Å²) in [5.74, 6) is -0.625. The van der Waals surface area contributed by atoms with Crippen LogP contribution in [0.15, 0.2) is 29.6 Å². The number of ether oxygens (including phenoxy) is 1. The van der Waals surface area contributed by atoms with Crippen molar-refractivity contribution in [2.45, 2.75) is 13.3 Å². The highest BCUT2D eigenvalue weighted by atomic mass is 32.1. The van der Waals surface area contributed by atoms with Crippen molar-refractivity contribution in [1.82, 2.24) is 9.88 Å². The fourth-order valence-electron chi connectivity index (χ4n) is 3.10. The fraction of sp³-hybridized carbons (Fsp3) is 0.389. The number of benzene rings is 1. The number of carbonyl (C=O) groups is 2. The van der Waals surface area contributed by atoms with Gasteiger partial charge in [-0.3, -0.25) is 9.59 Å². The van der Waals surface area contributed by atoms with Crippen LogP contribution in [0.3, 0.4) is 0 Å². The van der Waals surface area contributed by atoms with Gasteiger partial charge in [-0.15, -0.1) is 11.3 Å². The van der Waals surface area contributed by atoms with Gasteiger partial charge in [0.2, 0.25) is 0 Å². The second-order valence-electron chi connectivity index (χ2n) is 6.35. The molecular formula is C18H20N2O4S. The lowest BCUT2D eigenvalue weighted by Gasteiger charge is -2.34. The molecular weight excluding hydrogens is 340 g/mol. The molecule has 2 atom stereocenters. The summed E-state index contributed by atoms with van der Waals surface area (Å²) in [6.07, 6.45) is 0.604. The molecule has 1 aliphatic heterocycles. The van der Waals surface area contributed by atoms with Crippen LogP contribution < -0.4 is 4.74 Å². The number of aliphatic carboxylic acids is 1. The van der Waals surface area contributed by atoms with Crippen LogP contribution in [-0.4, -0.2) is 47.1 Å². The molecule has 25 heavy (non-hydrogen) atoms. The number of piperidine rings is 1. The monoisotopic (exact) mass is 360 g/mol. The Morgan fingerprint density at radius 2 is 2.00 bits per heavy atom. The molecule has 132 valence electrons. The van der Waals surface area contributed by atoms with Gasteiger partial charge in [-0.1, -0.05) is 6.92 Å². The second kappa shape index (κ2) is 7.23. The fourth-order valence-corrected chi connectivity index (χ4v) is 3.90. The number of hydrogen-bond donors (Lipinski definition) is 1. The van der Waals surface area contributed by atoms with Gasteiger partial charge in [0.1, 0.15) is 16.5 Å². The SMILES string of the molecule is COc1ccc(-c2nc(C(=O)N3CC(C)CC(C(=O)O)C3)cs2)cc1. The molecule has 2 unspecified atom stereocenters. The minimum Gasteiger partial charge on any atom is -0.497 e. The van der Waals surface area contributed by atoms with Crippen molar-refractivity contribution in [3.63, 3.8) is 0 Å². The van der Waals surface area contributed by atoms with Crippen LogP contribution in [0, 0.1) is 11.8 Å². The summed E-state index contributed by atoms with van der Waals surface area (Å²) in [7, 11) is 1.61. The van der Waals surface area contributed by atoms with Gasteiger partial charge >= 0.3 is 5.97 Å². The molecule has 2 aromatic rings. The highest BCUT2D eigenvalue weighted by molar-refractivity contribution is 7.13. The molecule has 1 saturated heterocycles. The Morgan fingerprint density at radius 1 is 1.28 bits per heavy atom. The first-order valence-corrected chi connectivity index (χ1v) is 8.98. The van der Waals surface area contributed by atoms with E-state index in [2.05, 4.69) is 4.98 Å². The third-order valence-corrected chi connectivity index (χ3v) is 5.25. The number of carbonyl (C=O) groups excluding carboxylic acids is 1. The van der Waals surface area contributed by atoms with Crippen LogP contribution in [0.4, 0.5) is 0 Å². The average Bonchev–Trinajstić information content (AvgIpc) is 3.10. The van der Waals surface area contributed by atoms with E-state index in [0.29, 0.717) is 18.7 Å². The molecule has 3 rings (SSSR count). The number of aromatic nitrogens is 1. The van der Waals surface area contributed by atoms with Gasteiger partial charge in [0.05, 0.1) is 13.0 Å². The molecule has 1 aromatic heterocycles. The van der Waals surface area contributed by atoms with Gasteiger partial charge in [0.25, 0.3) is 5.91 Å². The van der Waals surface area contributed by atoms with E-state index >= 15 is 0 Å². The topological polar surface area (TPSA) is 79.7 Å². The van der Waals surface area contributed by atoms with Crippen molar-refractivity contribution in [2.24, 2.45) is 11.8 Å². The van der Waals surface area contributed by atoms with Crippen LogP contribution in [0.2, 0.25) is 0 Å². The molecule has 0 bridgehead atoms. The molecule has 1 fully saturated rings. The maximum Gasteiger partial charge on any atom is 0.308 e. The van der Waals surface area contributed by atoms with E-state index in [1.807, 2.05) is 31.2 Å². The smallest absolute Gasteiger partial charge is 0.308 e. The summed E-state index contributed by atoms with van der Waals surface area (Å²) >= 11 is 1.40. The number of thiazole rings is 1. The van der Waals surface area contributed by atoms with Crippen molar-refractivity contribution in [2.75, 3.05) is 20.2 Å². The Labute approximate surface area is 150 Å². The molecule has 6 nitrogen and oxygen atoms in total. The average molecular weight is 360 g/mol. The molecule has 0 spiro atoms. The van der Waals surface area contributed by atoms with Gasteiger partial charge in [0, 0.05) is 24.0 Å². The highest BCUT2D eigenvalue weighted by Gasteiger charge is 2.33. The Morgan fingerprint density at radius 3 is 2.64 bits per heavy atom. The number of methoxy groups -OCH3 is 1. The van der Waals surface area contributed by atoms with E-state index in [1.165, 1.54) is 11.3 Å². The zero-order valence-electron chi connectivity index (χ0n) is 14.1. The minimum atomic E-state index is -0.846. The number of likely N-dealkylation sites (tertiary alicyclic amines) is 1. The van der Waals surface area contributed by atoms with Crippen LogP contribution in [0.5, 0.6) is 5.75 Å². The minimum absolute atomic E-state index is 0.165. The maximum absolute atomic E-state index is 12.7. The molecule has 1 amide bonds. The van der Waals surface area contributed by atoms with Crippen molar-refractivity contribution in [3.8, 4) is 16.3 Å². The number of amides is 1. The van der Waals surface area contributed by atoms with E-state index in [4.69, 9.17) is 4.74 Å². The summed E-state index contributed by atoms with van der Waals surface area (Å²) in [6, 6.07) is 7.49. The molecule has 1 aliphatic rings. The first-order chi connectivity index (χ1) is 12.0. The largest absolute Gasteiger partial charge is 0.497 e. The molecule has 2 heterocycles. The summed E-state index contributed by atoms with van der Waals surface area (Å²) < 4.78 is 5.14. The normalized spacial score (nSPS) is 20.3. The molecule has 1 aromatic carbocycles. The first kappa shape index (κ1) is 17.4. The summed E-state index contributed by atoms with van der Waals surface area (Å²) in [5, 5.41) is 11.7. The molecule has 0 saturated carbocycles. The van der Waals surface area contributed by atoms with E-state index in [9.17, 15) is 14.7 Å². The summed E-state index contributed by atoms with van der Waals surface area (Å²) in [6.45, 7) is 2.78. The Hall–Kier alpha value is -2.41. The third kappa shape index (κ3) is 3.82. The standard InChI is InChI=1S/C18H20N2O4S/c1-11-7-13(18(22)23)9-20(8-11)17(21)15-10-25-16(19-15)12-3-5-14(24-2)6-4-12/h3-6,10-11,13H,7-9H2,1-2H3,(H,22,23). The van der Waals surface area contributed by atoms with Crippen molar-refractivity contribution in [1.29, 1.82) is 0 Å². The predicted molar refractivity (Wildman–Crippen MR) is 94.9 cm³/mol. The second-order valence-corrected chi connectivity index (χ2v) is 7.21. The summed E-state index contributed by atoms with van der Waals surface area (Å²) in [4.78, 5) is 30.1. The number of nitrogens with zero attached hydrogens (tertiary/aromatic N) is 2. The Bertz CT molecular complexity index is 772. The van der Waals surface area contributed by atoms with Crippen LogP contribution >= 0.6 is 11.3 Å². The lowest BCUT2D eigenvalue weighted by Crippen LogP contribution is -2.45. The summed E-state index contributed by atoms with van der Waals surface area (Å²) in [5.41, 5.74) is 1.29. The third-order valence-electron chi connectivity index (χ3n) is 4.36. The van der Waals surface area contributed by atoms with E-state index < -0.39 is 11.9 Å². The van der Waals surface area contributed by atoms with Gasteiger partial charge in [-0.25, -0.2) is 4.98 Å². The highest BCUT2D eigenvalue weighted by Crippen LogP contribution is 2.28. The van der Waals surface area contributed by atoms with Crippen molar-refractivity contribution < 1.29 is 19.4 Å². The number of carboxylic acids is 1. The van der Waals surface area contributed by atoms with Gasteiger partial charge < -0.3 is 14.7 Å². The lowest BCUT2D eigenvalue weighted by molar-refractivity contribution is -0.143. The van der Waals surface area contributed by atoms with Crippen molar-refractivity contribution >= 4 is 23.2 Å². The maximum atomic E-state index is 12.7.